The summed E-state index contributed by atoms with van der Waals surface area (Å²) in [4.78, 5) is 4.12. The third-order valence-electron chi connectivity index (χ3n) is 3.03. The average Bonchev–Trinajstić information content (AvgIpc) is 2.34. The molecule has 1 fully saturated rings. The minimum absolute atomic E-state index is 0.364. The zero-order chi connectivity index (χ0) is 12.3. The van der Waals surface area contributed by atoms with Crippen molar-refractivity contribution in [3.05, 3.63) is 42.5 Å². The van der Waals surface area contributed by atoms with Gasteiger partial charge >= 0.3 is 0 Å². The molecule has 92 valence electrons. The summed E-state index contributed by atoms with van der Waals surface area (Å²) in [6.07, 6.45) is 1.86. The molecular weight excluding hydrogens is 222 g/mol. The largest absolute Gasteiger partial charge is 0.367 e. The summed E-state index contributed by atoms with van der Waals surface area (Å²) in [5, 5.41) is 0. The molecule has 0 aliphatic carbocycles. The molecule has 1 aromatic carbocycles. The fourth-order valence-electron chi connectivity index (χ4n) is 2.09. The number of halogens is 2. The van der Waals surface area contributed by atoms with Gasteiger partial charge in [0.25, 0.3) is 0 Å². The van der Waals surface area contributed by atoms with Crippen LogP contribution in [-0.2, 0) is 0 Å². The lowest BCUT2D eigenvalue weighted by molar-refractivity contribution is 0.283. The molecule has 0 bridgehead atoms. The van der Waals surface area contributed by atoms with Gasteiger partial charge < -0.3 is 4.90 Å². The number of nitrogens with zero attached hydrogens (tertiary/aromatic N) is 2. The predicted molar refractivity (Wildman–Crippen MR) is 65.2 cm³/mol. The van der Waals surface area contributed by atoms with Crippen molar-refractivity contribution in [3.63, 3.8) is 0 Å². The van der Waals surface area contributed by atoms with Crippen molar-refractivity contribution in [2.24, 2.45) is 0 Å². The quantitative estimate of drug-likeness (QED) is 0.745. The number of piperazine rings is 1. The molecule has 1 aliphatic heterocycles. The third-order valence-corrected chi connectivity index (χ3v) is 3.03. The Balaban J connectivity index is 2.05. The number of hydrogen-bond acceptors (Lipinski definition) is 2. The van der Waals surface area contributed by atoms with Crippen molar-refractivity contribution in [1.82, 2.24) is 4.90 Å². The molecule has 0 saturated carbocycles. The van der Waals surface area contributed by atoms with E-state index in [0.717, 1.165) is 25.7 Å². The van der Waals surface area contributed by atoms with Crippen LogP contribution in [-0.4, -0.2) is 37.6 Å². The van der Waals surface area contributed by atoms with Crippen LogP contribution in [0.25, 0.3) is 0 Å². The number of benzene rings is 1. The van der Waals surface area contributed by atoms with Crippen LogP contribution in [0.4, 0.5) is 14.5 Å². The topological polar surface area (TPSA) is 6.48 Å². The Morgan fingerprint density at radius 1 is 1.18 bits per heavy atom. The zero-order valence-electron chi connectivity index (χ0n) is 9.70. The lowest BCUT2D eigenvalue weighted by Crippen LogP contribution is -2.46. The Kier molecular flexibility index (Phi) is 3.74. The molecule has 1 aromatic rings. The molecule has 0 amide bonds. The molecule has 4 heteroatoms. The van der Waals surface area contributed by atoms with Gasteiger partial charge in [0, 0.05) is 32.7 Å². The summed E-state index contributed by atoms with van der Waals surface area (Å²) in [5.74, 6) is -1.53. The standard InChI is InChI=1S/C13H16F2N2/c1-2-6-16-7-9-17(10-8-16)12-5-3-4-11(14)13(12)15/h2-5H,1,6-10H2. The Morgan fingerprint density at radius 2 is 1.88 bits per heavy atom. The first-order chi connectivity index (χ1) is 8.22. The zero-order valence-corrected chi connectivity index (χ0v) is 9.70. The molecule has 0 unspecified atom stereocenters. The van der Waals surface area contributed by atoms with Crippen LogP contribution in [0.1, 0.15) is 0 Å². The number of hydrogen-bond donors (Lipinski definition) is 0. The number of anilines is 1. The van der Waals surface area contributed by atoms with Crippen molar-refractivity contribution in [2.45, 2.75) is 0 Å². The van der Waals surface area contributed by atoms with Gasteiger partial charge in [0.1, 0.15) is 0 Å². The van der Waals surface area contributed by atoms with Crippen molar-refractivity contribution in [3.8, 4) is 0 Å². The van der Waals surface area contributed by atoms with E-state index in [1.54, 1.807) is 12.1 Å². The molecule has 0 atom stereocenters. The van der Waals surface area contributed by atoms with Crippen molar-refractivity contribution in [2.75, 3.05) is 37.6 Å². The van der Waals surface area contributed by atoms with Gasteiger partial charge in [-0.15, -0.1) is 6.58 Å². The second-order valence-electron chi connectivity index (χ2n) is 4.15. The highest BCUT2D eigenvalue weighted by molar-refractivity contribution is 5.48. The summed E-state index contributed by atoms with van der Waals surface area (Å²) in [6.45, 7) is 7.67. The Bertz CT molecular complexity index is 398. The average molecular weight is 238 g/mol. The molecule has 1 heterocycles. The lowest BCUT2D eigenvalue weighted by atomic mass is 10.2. The molecule has 17 heavy (non-hydrogen) atoms. The molecule has 1 saturated heterocycles. The van der Waals surface area contributed by atoms with Gasteiger partial charge in [-0.1, -0.05) is 12.1 Å². The molecule has 0 aromatic heterocycles. The van der Waals surface area contributed by atoms with Crippen molar-refractivity contribution >= 4 is 5.69 Å². The normalized spacial score (nSPS) is 17.2. The fraction of sp³-hybridized carbons (Fsp3) is 0.385. The minimum atomic E-state index is -0.781. The van der Waals surface area contributed by atoms with Gasteiger partial charge in [-0.05, 0) is 12.1 Å². The first kappa shape index (κ1) is 12.0. The van der Waals surface area contributed by atoms with E-state index in [2.05, 4.69) is 11.5 Å². The summed E-state index contributed by atoms with van der Waals surface area (Å²) >= 11 is 0. The van der Waals surface area contributed by atoms with E-state index in [4.69, 9.17) is 0 Å². The Hall–Kier alpha value is -1.42. The van der Waals surface area contributed by atoms with E-state index in [1.807, 2.05) is 11.0 Å². The first-order valence-corrected chi connectivity index (χ1v) is 5.74. The fourth-order valence-corrected chi connectivity index (χ4v) is 2.09. The van der Waals surface area contributed by atoms with Crippen LogP contribution < -0.4 is 4.90 Å². The van der Waals surface area contributed by atoms with Crippen LogP contribution in [0.5, 0.6) is 0 Å². The molecule has 2 rings (SSSR count). The van der Waals surface area contributed by atoms with Gasteiger partial charge in [0.2, 0.25) is 0 Å². The van der Waals surface area contributed by atoms with Crippen LogP contribution in [0, 0.1) is 11.6 Å². The highest BCUT2D eigenvalue weighted by atomic mass is 19.2. The summed E-state index contributed by atoms with van der Waals surface area (Å²) < 4.78 is 26.7. The minimum Gasteiger partial charge on any atom is -0.367 e. The first-order valence-electron chi connectivity index (χ1n) is 5.74. The van der Waals surface area contributed by atoms with Crippen LogP contribution in [0.3, 0.4) is 0 Å². The SMILES string of the molecule is C=CCN1CCN(c2cccc(F)c2F)CC1. The molecule has 0 N–H and O–H groups in total. The maximum atomic E-state index is 13.6. The lowest BCUT2D eigenvalue weighted by Gasteiger charge is -2.35. The second-order valence-corrected chi connectivity index (χ2v) is 4.15. The maximum Gasteiger partial charge on any atom is 0.182 e. The maximum absolute atomic E-state index is 13.6. The van der Waals surface area contributed by atoms with Crippen LogP contribution >= 0.6 is 0 Å². The highest BCUT2D eigenvalue weighted by Gasteiger charge is 2.19. The van der Waals surface area contributed by atoms with E-state index >= 15 is 0 Å². The van der Waals surface area contributed by atoms with Crippen LogP contribution in [0.15, 0.2) is 30.9 Å². The summed E-state index contributed by atoms with van der Waals surface area (Å²) in [6, 6.07) is 4.32. The van der Waals surface area contributed by atoms with E-state index < -0.39 is 11.6 Å². The number of rotatable bonds is 3. The van der Waals surface area contributed by atoms with Gasteiger partial charge in [-0.2, -0.15) is 0 Å². The van der Waals surface area contributed by atoms with Crippen molar-refractivity contribution in [1.29, 1.82) is 0 Å². The summed E-state index contributed by atoms with van der Waals surface area (Å²) in [5.41, 5.74) is 0.364. The van der Waals surface area contributed by atoms with Gasteiger partial charge in [-0.3, -0.25) is 4.90 Å². The second kappa shape index (κ2) is 5.27. The van der Waals surface area contributed by atoms with Crippen molar-refractivity contribution < 1.29 is 8.78 Å². The van der Waals surface area contributed by atoms with E-state index in [-0.39, 0.29) is 0 Å². The highest BCUT2D eigenvalue weighted by Crippen LogP contribution is 2.22. The monoisotopic (exact) mass is 238 g/mol. The molecule has 0 radical (unpaired) electrons. The Morgan fingerprint density at radius 3 is 2.53 bits per heavy atom. The van der Waals surface area contributed by atoms with Gasteiger partial charge in [-0.25, -0.2) is 8.78 Å². The van der Waals surface area contributed by atoms with Gasteiger partial charge in [0.15, 0.2) is 11.6 Å². The smallest absolute Gasteiger partial charge is 0.182 e. The molecular formula is C13H16F2N2. The van der Waals surface area contributed by atoms with E-state index in [1.165, 1.54) is 0 Å². The van der Waals surface area contributed by atoms with Gasteiger partial charge in [0.05, 0.1) is 5.69 Å². The molecule has 0 spiro atoms. The van der Waals surface area contributed by atoms with Crippen LogP contribution in [0.2, 0.25) is 0 Å². The summed E-state index contributed by atoms with van der Waals surface area (Å²) in [7, 11) is 0. The van der Waals surface area contributed by atoms with E-state index in [0.29, 0.717) is 18.8 Å². The third kappa shape index (κ3) is 2.64. The molecule has 2 nitrogen and oxygen atoms in total. The molecule has 1 aliphatic rings. The Labute approximate surface area is 100 Å². The van der Waals surface area contributed by atoms with E-state index in [9.17, 15) is 8.78 Å². The predicted octanol–water partition coefficient (Wildman–Crippen LogP) is 2.27.